The van der Waals surface area contributed by atoms with E-state index in [-0.39, 0.29) is 58.0 Å². The van der Waals surface area contributed by atoms with Crippen molar-refractivity contribution in [3.8, 4) is 0 Å². The molecule has 0 aliphatic heterocycles. The number of hydrogen-bond donors (Lipinski definition) is 0. The quantitative estimate of drug-likeness (QED) is 0.452. The van der Waals surface area contributed by atoms with Gasteiger partial charge in [0.2, 0.25) is 0 Å². The van der Waals surface area contributed by atoms with Gasteiger partial charge in [-0.3, -0.25) is 0 Å². The number of hydrogen-bond acceptors (Lipinski definition) is 0. The first-order valence-electron chi connectivity index (χ1n) is 0. The Bertz CT molecular complexity index is 3.61. The molecule has 0 amide bonds. The van der Waals surface area contributed by atoms with Crippen LogP contribution in [0.25, 0.3) is 0 Å². The van der Waals surface area contributed by atoms with Gasteiger partial charge in [-0.2, -0.15) is 0 Å². The van der Waals surface area contributed by atoms with Crippen molar-refractivity contribution in [3.05, 3.63) is 0 Å². The predicted octanol–water partition coefficient (Wildman–Crippen LogP) is 0.503. The molecule has 0 radical (unpaired) electrons. The van der Waals surface area contributed by atoms with Crippen LogP contribution in [0.1, 0.15) is 0 Å². The van der Waals surface area contributed by atoms with E-state index in [1.807, 2.05) is 0 Å². The number of rotatable bonds is 0. The summed E-state index contributed by atoms with van der Waals surface area (Å²) in [6.07, 6.45) is 0. The third-order valence-electron chi connectivity index (χ3n) is 0. The first kappa shape index (κ1) is 113. The lowest BCUT2D eigenvalue weighted by Crippen LogP contribution is -0.381. The van der Waals surface area contributed by atoms with E-state index in [9.17, 15) is 0 Å². The van der Waals surface area contributed by atoms with Gasteiger partial charge in [-0.15, -0.1) is 49.6 Å². The highest BCUT2D eigenvalue weighted by molar-refractivity contribution is 5.86. The molecule has 0 bridgehead atoms. The molecule has 0 N–H and O–H groups in total. The molecule has 0 heterocycles. The molecule has 0 fully saturated rings. The Morgan fingerprint density at radius 2 is 0.400 bits per heavy atom. The fourth-order valence-corrected chi connectivity index (χ4v) is 0. The summed E-state index contributed by atoms with van der Waals surface area (Å²) in [5.41, 5.74) is 0. The molecule has 5 heavy (non-hydrogen) atoms. The summed E-state index contributed by atoms with van der Waals surface area (Å²) in [7, 11) is 0. The highest BCUT2D eigenvalue weighted by Gasteiger charge is 0.0814. The summed E-state index contributed by atoms with van der Waals surface area (Å²) in [4.78, 5) is 0. The Hall–Kier alpha value is 1.22. The smallest absolute Gasteiger partial charge is 0.0814 e. The van der Waals surface area contributed by atoms with Gasteiger partial charge >= 0.3 is 0 Å². The molecular weight excluding hydrogens is 153 g/mol. The molecule has 0 aliphatic carbocycles. The Labute approximate surface area is 58.3 Å². The van der Waals surface area contributed by atoms with Gasteiger partial charge in [-0.25, -0.2) is 0 Å². The maximum absolute atomic E-state index is 0. The molecule has 0 nitrogen and oxygen atoms in total. The second-order valence-corrected chi connectivity index (χ2v) is 0. The molecule has 0 atom stereocenters. The highest BCUT2D eigenvalue weighted by atomic mass is 35.5. The van der Waals surface area contributed by atoms with E-state index < -0.39 is 0 Å². The van der Waals surface area contributed by atoms with Crippen molar-refractivity contribution in [1.29, 1.82) is 0 Å². The van der Waals surface area contributed by atoms with Crippen molar-refractivity contribution >= 4 is 58.0 Å². The van der Waals surface area contributed by atoms with E-state index in [1.165, 1.54) is 0 Å². The van der Waals surface area contributed by atoms with Crippen molar-refractivity contribution in [2.24, 2.45) is 0 Å². The van der Waals surface area contributed by atoms with E-state index in [4.69, 9.17) is 0 Å². The average molecular weight is 160 g/mol. The van der Waals surface area contributed by atoms with Crippen LogP contribution >= 0.6 is 49.6 Å². The molecule has 0 aliphatic rings. The molecular formula is H7BCl4. The van der Waals surface area contributed by atoms with Crippen LogP contribution in [0.2, 0.25) is 0 Å². The second kappa shape index (κ2) is 62.2. The lowest BCUT2D eigenvalue weighted by Gasteiger charge is -0.148. The summed E-state index contributed by atoms with van der Waals surface area (Å²) >= 11 is 0. The van der Waals surface area contributed by atoms with E-state index in [0.29, 0.717) is 0 Å². The van der Waals surface area contributed by atoms with Crippen molar-refractivity contribution in [2.75, 3.05) is 0 Å². The summed E-state index contributed by atoms with van der Waals surface area (Å²) in [6.45, 7) is 0. The summed E-state index contributed by atoms with van der Waals surface area (Å²) < 4.78 is 0. The summed E-state index contributed by atoms with van der Waals surface area (Å²) in [6, 6.07) is 0. The van der Waals surface area contributed by atoms with Gasteiger partial charge in [0.05, 0.1) is 8.41 Å². The van der Waals surface area contributed by atoms with Gasteiger partial charge in [-0.1, -0.05) is 0 Å². The second-order valence-electron chi connectivity index (χ2n) is 0. The average Bonchev–Trinajstić information content (AvgIpc) is 0. The van der Waals surface area contributed by atoms with Gasteiger partial charge in [-0.05, 0) is 0 Å². The molecule has 0 spiro atoms. The van der Waals surface area contributed by atoms with Gasteiger partial charge in [0.1, 0.15) is 0 Å². The van der Waals surface area contributed by atoms with Crippen LogP contribution in [-0.2, 0) is 0 Å². The highest BCUT2D eigenvalue weighted by Crippen LogP contribution is 0.693. The predicted molar refractivity (Wildman–Crippen MR) is 38.9 cm³/mol. The number of halogens is 4. The van der Waals surface area contributed by atoms with E-state index in [2.05, 4.69) is 0 Å². The minimum absolute atomic E-state index is 0. The lowest BCUT2D eigenvalue weighted by molar-refractivity contribution is 5.75. The van der Waals surface area contributed by atoms with Crippen LogP contribution in [0.5, 0.6) is 0 Å². The molecule has 0 saturated heterocycles. The minimum atomic E-state index is 0. The van der Waals surface area contributed by atoms with Crippen molar-refractivity contribution < 1.29 is 0 Å². The third kappa shape index (κ3) is 36.2. The molecule has 0 aromatic rings. The summed E-state index contributed by atoms with van der Waals surface area (Å²) in [5.74, 6) is 0. The zero-order chi connectivity index (χ0) is 0. The van der Waals surface area contributed by atoms with Crippen LogP contribution in [0.4, 0.5) is 0 Å². The first-order chi connectivity index (χ1) is 0. The Kier molecular flexibility index (Phi) is 1410. The zero-order valence-corrected chi connectivity index (χ0v) is 4.90. The van der Waals surface area contributed by atoms with E-state index >= 15 is 0 Å². The van der Waals surface area contributed by atoms with Crippen LogP contribution in [-0.4, -0.2) is 8.41 Å². The van der Waals surface area contributed by atoms with Crippen LogP contribution in [0.15, 0.2) is 0 Å². The summed E-state index contributed by atoms with van der Waals surface area (Å²) in [5, 5.41) is 0. The van der Waals surface area contributed by atoms with Crippen molar-refractivity contribution in [3.63, 3.8) is 0 Å². The van der Waals surface area contributed by atoms with Gasteiger partial charge in [0.15, 0.2) is 0 Å². The zero-order valence-electron chi connectivity index (χ0n) is 1.63. The van der Waals surface area contributed by atoms with Crippen LogP contribution < -0.4 is 0 Å². The Balaban J connectivity index is 0. The largest absolute Gasteiger partial charge is 0.147 e. The molecule has 5 heteroatoms. The van der Waals surface area contributed by atoms with Gasteiger partial charge in [0.25, 0.3) is 0 Å². The molecule has 0 aromatic carbocycles. The SMILES string of the molecule is B.Cl.Cl.Cl.Cl. The van der Waals surface area contributed by atoms with E-state index in [1.54, 1.807) is 0 Å². The minimum Gasteiger partial charge on any atom is -0.147 e. The topological polar surface area (TPSA) is 0 Å². The van der Waals surface area contributed by atoms with Gasteiger partial charge < -0.3 is 0 Å². The molecule has 0 aromatic heterocycles. The molecule has 0 rings (SSSR count). The standard InChI is InChI=1S/BH3.4ClH/h1H3;4*1H. The maximum atomic E-state index is 0. The molecule has 0 saturated carbocycles. The maximum Gasteiger partial charge on any atom is 0.0814 e. The van der Waals surface area contributed by atoms with Crippen LogP contribution in [0, 0.1) is 0 Å². The lowest BCUT2D eigenvalue weighted by atomic mass is 10.8. The first-order valence-corrected chi connectivity index (χ1v) is 0. The van der Waals surface area contributed by atoms with Crippen molar-refractivity contribution in [2.45, 2.75) is 0 Å². The van der Waals surface area contributed by atoms with Crippen molar-refractivity contribution in [1.82, 2.24) is 0 Å². The normalized spacial score (nSPS) is 0. The monoisotopic (exact) mass is 158 g/mol. The Morgan fingerprint density at radius 1 is 0.400 bits per heavy atom. The fraction of sp³-hybridized carbons (Fsp3) is 0. The van der Waals surface area contributed by atoms with Crippen LogP contribution in [0.3, 0.4) is 0 Å². The molecule has 38 valence electrons. The van der Waals surface area contributed by atoms with E-state index in [0.717, 1.165) is 0 Å². The Morgan fingerprint density at radius 3 is 0.400 bits per heavy atom. The van der Waals surface area contributed by atoms with Gasteiger partial charge in [0, 0.05) is 0 Å². The fourth-order valence-electron chi connectivity index (χ4n) is 0. The third-order valence-corrected chi connectivity index (χ3v) is 0. The molecule has 0 unspecified atom stereocenters.